The molecule has 3 heterocycles. The number of amides is 3. The maximum absolute atomic E-state index is 13.8. The first kappa shape index (κ1) is 42.4. The van der Waals surface area contributed by atoms with Gasteiger partial charge < -0.3 is 38.5 Å². The standard InChI is InChI=1S/C40H44F3N5O10/c1-22-23(2)33(45-39(51)40(41,42)43)38(57-31(22)20-54-17-24-9-13-26(52-3)14-10-24)58-35-30(48-36(49)28-7-5-6-8-29(28)37(48)50)19-56-32(34(35)46-47-44)21-55-18-25-11-15-27(53-4)16-12-25/h5-16,22-23,30-35,38H,17-21H2,1-4H3,(H,45,51)/t22-,23-,30?,31?,32?,33?,34-,35+,38-/m0/s1. The van der Waals surface area contributed by atoms with Crippen LogP contribution >= 0.6 is 0 Å². The molecule has 310 valence electrons. The van der Waals surface area contributed by atoms with Crippen LogP contribution in [0.3, 0.4) is 0 Å². The van der Waals surface area contributed by atoms with Crippen LogP contribution in [0.2, 0.25) is 0 Å². The number of fused-ring (bicyclic) bond motifs is 1. The maximum Gasteiger partial charge on any atom is 0.471 e. The first-order valence-electron chi connectivity index (χ1n) is 18.6. The minimum atomic E-state index is -5.24. The number of nitrogens with zero attached hydrogens (tertiary/aromatic N) is 4. The molecule has 2 fully saturated rings. The summed E-state index contributed by atoms with van der Waals surface area (Å²) in [6.07, 6.45) is -10.1. The van der Waals surface area contributed by atoms with E-state index in [0.717, 1.165) is 16.0 Å². The number of alkyl halides is 3. The topological polar surface area (TPSA) is 180 Å². The predicted octanol–water partition coefficient (Wildman–Crippen LogP) is 5.61. The van der Waals surface area contributed by atoms with Crippen LogP contribution in [0, 0.1) is 11.8 Å². The average Bonchev–Trinajstić information content (AvgIpc) is 3.47. The van der Waals surface area contributed by atoms with E-state index < -0.39 is 78.5 Å². The molecular weight excluding hydrogens is 767 g/mol. The van der Waals surface area contributed by atoms with E-state index in [4.69, 9.17) is 33.2 Å². The number of imide groups is 1. The molecule has 3 aliphatic heterocycles. The largest absolute Gasteiger partial charge is 0.497 e. The number of ether oxygens (including phenoxy) is 7. The highest BCUT2D eigenvalue weighted by molar-refractivity contribution is 6.21. The van der Waals surface area contributed by atoms with Crippen molar-refractivity contribution in [1.82, 2.24) is 10.2 Å². The lowest BCUT2D eigenvalue weighted by Crippen LogP contribution is -2.66. The van der Waals surface area contributed by atoms with Crippen LogP contribution in [-0.2, 0) is 41.7 Å². The highest BCUT2D eigenvalue weighted by Crippen LogP contribution is 2.37. The van der Waals surface area contributed by atoms with Crippen LogP contribution in [0.25, 0.3) is 10.4 Å². The molecular formula is C40H44F3N5O10. The monoisotopic (exact) mass is 811 g/mol. The van der Waals surface area contributed by atoms with Crippen molar-refractivity contribution in [3.8, 4) is 11.5 Å². The number of methoxy groups -OCH3 is 2. The lowest BCUT2D eigenvalue weighted by Gasteiger charge is -2.49. The molecule has 2 saturated heterocycles. The number of halogens is 3. The average molecular weight is 812 g/mol. The molecule has 18 heteroatoms. The van der Waals surface area contributed by atoms with Crippen LogP contribution < -0.4 is 14.8 Å². The Kier molecular flexibility index (Phi) is 13.6. The molecule has 0 spiro atoms. The van der Waals surface area contributed by atoms with Gasteiger partial charge in [0.1, 0.15) is 11.5 Å². The van der Waals surface area contributed by atoms with E-state index in [9.17, 15) is 33.1 Å². The van der Waals surface area contributed by atoms with Gasteiger partial charge in [0.15, 0.2) is 6.29 Å². The Morgan fingerprint density at radius 3 is 1.90 bits per heavy atom. The number of carbonyl (C=O) groups is 3. The smallest absolute Gasteiger partial charge is 0.471 e. The van der Waals surface area contributed by atoms with E-state index in [-0.39, 0.29) is 44.2 Å². The molecule has 3 aromatic rings. The molecule has 3 amide bonds. The highest BCUT2D eigenvalue weighted by Gasteiger charge is 2.54. The molecule has 9 atom stereocenters. The lowest BCUT2D eigenvalue weighted by atomic mass is 9.82. The second-order valence-corrected chi connectivity index (χ2v) is 14.2. The van der Waals surface area contributed by atoms with Crippen LogP contribution in [0.1, 0.15) is 45.7 Å². The van der Waals surface area contributed by atoms with Gasteiger partial charge in [-0.15, -0.1) is 0 Å². The summed E-state index contributed by atoms with van der Waals surface area (Å²) < 4.78 is 82.7. The van der Waals surface area contributed by atoms with Gasteiger partial charge in [0.2, 0.25) is 0 Å². The summed E-state index contributed by atoms with van der Waals surface area (Å²) in [4.78, 5) is 44.1. The Morgan fingerprint density at radius 2 is 1.40 bits per heavy atom. The molecule has 4 unspecified atom stereocenters. The molecule has 1 N–H and O–H groups in total. The van der Waals surface area contributed by atoms with Gasteiger partial charge in [-0.05, 0) is 64.9 Å². The summed E-state index contributed by atoms with van der Waals surface area (Å²) in [7, 11) is 3.09. The molecule has 0 aliphatic carbocycles. The Bertz CT molecular complexity index is 1930. The van der Waals surface area contributed by atoms with E-state index in [1.807, 2.05) is 17.4 Å². The fourth-order valence-electron chi connectivity index (χ4n) is 7.32. The lowest BCUT2D eigenvalue weighted by molar-refractivity contribution is -0.280. The van der Waals surface area contributed by atoms with Gasteiger partial charge in [-0.25, -0.2) is 0 Å². The van der Waals surface area contributed by atoms with Crippen molar-refractivity contribution in [3.05, 3.63) is 105 Å². The van der Waals surface area contributed by atoms with Gasteiger partial charge in [-0.3, -0.25) is 19.3 Å². The van der Waals surface area contributed by atoms with Gasteiger partial charge in [0.25, 0.3) is 11.8 Å². The first-order chi connectivity index (χ1) is 27.8. The van der Waals surface area contributed by atoms with Gasteiger partial charge >= 0.3 is 12.1 Å². The van der Waals surface area contributed by atoms with Crippen molar-refractivity contribution >= 4 is 17.7 Å². The second-order valence-electron chi connectivity index (χ2n) is 14.2. The summed E-state index contributed by atoms with van der Waals surface area (Å²) in [6.45, 7) is 3.19. The zero-order valence-electron chi connectivity index (χ0n) is 32.2. The third-order valence-corrected chi connectivity index (χ3v) is 10.8. The van der Waals surface area contributed by atoms with Crippen molar-refractivity contribution in [2.24, 2.45) is 17.0 Å². The third-order valence-electron chi connectivity index (χ3n) is 10.8. The number of hydrogen-bond donors (Lipinski definition) is 1. The van der Waals surface area contributed by atoms with E-state index in [0.29, 0.717) is 11.5 Å². The zero-order valence-corrected chi connectivity index (χ0v) is 32.2. The molecule has 3 aromatic carbocycles. The molecule has 0 saturated carbocycles. The van der Waals surface area contributed by atoms with Crippen LogP contribution in [0.4, 0.5) is 13.2 Å². The quantitative estimate of drug-likeness (QED) is 0.0878. The number of nitrogens with one attached hydrogen (secondary N) is 1. The normalized spacial score (nSPS) is 27.1. The van der Waals surface area contributed by atoms with E-state index in [2.05, 4.69) is 10.0 Å². The summed E-state index contributed by atoms with van der Waals surface area (Å²) in [6, 6.07) is 16.5. The molecule has 15 nitrogen and oxygen atoms in total. The van der Waals surface area contributed by atoms with Gasteiger partial charge in [-0.1, -0.05) is 55.4 Å². The van der Waals surface area contributed by atoms with Gasteiger partial charge in [0.05, 0.1) is 94.8 Å². The number of hydrogen-bond acceptors (Lipinski definition) is 11. The molecule has 0 aromatic heterocycles. The van der Waals surface area contributed by atoms with Crippen molar-refractivity contribution < 1.29 is 60.7 Å². The van der Waals surface area contributed by atoms with Gasteiger partial charge in [-0.2, -0.15) is 13.2 Å². The minimum Gasteiger partial charge on any atom is -0.497 e. The van der Waals surface area contributed by atoms with Crippen molar-refractivity contribution in [3.63, 3.8) is 0 Å². The van der Waals surface area contributed by atoms with Gasteiger partial charge in [0, 0.05) is 4.91 Å². The van der Waals surface area contributed by atoms with E-state index >= 15 is 0 Å². The van der Waals surface area contributed by atoms with Crippen LogP contribution in [-0.4, -0.2) is 106 Å². The molecule has 0 bridgehead atoms. The predicted molar refractivity (Wildman–Crippen MR) is 199 cm³/mol. The van der Waals surface area contributed by atoms with Crippen molar-refractivity contribution in [1.29, 1.82) is 0 Å². The summed E-state index contributed by atoms with van der Waals surface area (Å²) in [5.74, 6) is -3.42. The SMILES string of the molecule is COc1ccc(COCC2O[C@@H](O[C@@H]3C(N4C(=O)c5ccccc5C4=O)COC(COCc4ccc(OC)cc4)[C@@H]3N=[N+]=[N-])C(NC(=O)C(F)(F)F)[C@@H](C)[C@@H]2C)cc1. The number of rotatable bonds is 15. The summed E-state index contributed by atoms with van der Waals surface area (Å²) >= 11 is 0. The molecule has 3 aliphatic rings. The molecule has 0 radical (unpaired) electrons. The van der Waals surface area contributed by atoms with Crippen LogP contribution in [0.5, 0.6) is 11.5 Å². The Morgan fingerprint density at radius 1 is 0.862 bits per heavy atom. The Labute approximate surface area is 332 Å². The summed E-state index contributed by atoms with van der Waals surface area (Å²) in [5, 5.41) is 6.03. The Balaban J connectivity index is 1.30. The van der Waals surface area contributed by atoms with Crippen LogP contribution in [0.15, 0.2) is 77.9 Å². The highest BCUT2D eigenvalue weighted by atomic mass is 19.4. The fourth-order valence-corrected chi connectivity index (χ4v) is 7.32. The minimum absolute atomic E-state index is 0.0193. The first-order valence-corrected chi connectivity index (χ1v) is 18.6. The fraction of sp³-hybridized carbons (Fsp3) is 0.475. The zero-order chi connectivity index (χ0) is 41.6. The summed E-state index contributed by atoms with van der Waals surface area (Å²) in [5.41, 5.74) is 11.7. The third kappa shape index (κ3) is 9.38. The van der Waals surface area contributed by atoms with E-state index in [1.54, 1.807) is 76.6 Å². The van der Waals surface area contributed by atoms with Crippen molar-refractivity contribution in [2.45, 2.75) is 76.0 Å². The maximum atomic E-state index is 13.8. The number of carbonyl (C=O) groups excluding carboxylic acids is 3. The number of benzene rings is 3. The Hall–Kier alpha value is -5.23. The number of azide groups is 1. The second kappa shape index (κ2) is 18.6. The molecule has 6 rings (SSSR count). The van der Waals surface area contributed by atoms with E-state index in [1.165, 1.54) is 12.1 Å². The molecule has 58 heavy (non-hydrogen) atoms. The van der Waals surface area contributed by atoms with Crippen molar-refractivity contribution in [2.75, 3.05) is 34.0 Å².